The van der Waals surface area contributed by atoms with Crippen LogP contribution in [0.3, 0.4) is 0 Å². The predicted octanol–water partition coefficient (Wildman–Crippen LogP) is 8.51. The zero-order valence-corrected chi connectivity index (χ0v) is 32.3. The number of phenols is 2. The van der Waals surface area contributed by atoms with Gasteiger partial charge in [0, 0.05) is 23.0 Å². The number of phenolic OH excluding ortho intramolecular Hbond substituents is 2. The van der Waals surface area contributed by atoms with Gasteiger partial charge in [0.15, 0.2) is 0 Å². The fourth-order valence-corrected chi connectivity index (χ4v) is 7.94. The van der Waals surface area contributed by atoms with Crippen LogP contribution in [0.25, 0.3) is 33.4 Å². The summed E-state index contributed by atoms with van der Waals surface area (Å²) in [5.74, 6) is -0.128. The van der Waals surface area contributed by atoms with Crippen LogP contribution in [-0.2, 0) is 20.4 Å². The second-order valence-corrected chi connectivity index (χ2v) is 15.9. The topological polar surface area (TPSA) is 121 Å². The lowest BCUT2D eigenvalue weighted by atomic mass is 9.78. The first-order valence-corrected chi connectivity index (χ1v) is 19.2. The summed E-state index contributed by atoms with van der Waals surface area (Å²) in [6, 6.07) is 42.5. The maximum absolute atomic E-state index is 12.8. The van der Waals surface area contributed by atoms with E-state index < -0.39 is 11.9 Å². The maximum Gasteiger partial charge on any atom is 0.311 e. The molecule has 290 valence electrons. The molecule has 0 radical (unpaired) electrons. The molecule has 0 aliphatic rings. The van der Waals surface area contributed by atoms with E-state index in [-0.39, 0.29) is 35.2 Å². The highest BCUT2D eigenvalue weighted by molar-refractivity contribution is 5.85. The van der Waals surface area contributed by atoms with Crippen LogP contribution in [0.4, 0.5) is 0 Å². The van der Waals surface area contributed by atoms with Gasteiger partial charge in [-0.05, 0) is 70.8 Å². The van der Waals surface area contributed by atoms with Gasteiger partial charge in [-0.25, -0.2) is 0 Å². The van der Waals surface area contributed by atoms with Crippen molar-refractivity contribution in [2.24, 2.45) is 0 Å². The molecule has 0 saturated heterocycles. The summed E-state index contributed by atoms with van der Waals surface area (Å²) in [6.45, 7) is 8.63. The Balaban J connectivity index is 0.787. The molecule has 0 aliphatic heterocycles. The van der Waals surface area contributed by atoms with Gasteiger partial charge in [-0.3, -0.25) is 9.59 Å². The van der Waals surface area contributed by atoms with Crippen LogP contribution in [0.2, 0.25) is 0 Å². The molecule has 0 aliphatic carbocycles. The number of hydrogen-bond donors (Lipinski definition) is 2. The first-order valence-electron chi connectivity index (χ1n) is 19.2. The third kappa shape index (κ3) is 5.51. The average Bonchev–Trinajstić information content (AvgIpc) is 4.09. The first kappa shape index (κ1) is 35.1. The molecule has 12 nitrogen and oxygen atoms in total. The molecule has 12 heteroatoms. The molecular weight excluding hydrogens is 733 g/mol. The molecule has 0 atom stereocenters. The minimum Gasteiger partial charge on any atom is -0.506 e. The highest BCUT2D eigenvalue weighted by Crippen LogP contribution is 2.39. The van der Waals surface area contributed by atoms with Crippen molar-refractivity contribution in [3.8, 4) is 34.4 Å². The van der Waals surface area contributed by atoms with Gasteiger partial charge < -0.3 is 19.7 Å². The number of benzene rings is 6. The standard InChI is InChI=1S/C46H40N6O6/c1-45(2,29-11-7-5-8-12-29)31-15-21-41(53)39(25-31)51-47-35-19-17-33(27-37(35)49(47)51)57-43(55)23-24-44(56)58-34-18-20-36-38(28-34)50-48(36)52(50)40-26-32(16-22-42(40)54)46(3,4)30-13-9-6-10-14-30/h5-22,25-28,53-54H,23-24H2,1-4H3. The molecule has 0 saturated carbocycles. The number of carbonyl (C=O) groups is 2. The molecule has 4 heterocycles. The molecule has 10 rings (SSSR count). The van der Waals surface area contributed by atoms with Crippen molar-refractivity contribution in [1.82, 2.24) is 28.1 Å². The molecule has 6 aromatic carbocycles. The fourth-order valence-electron chi connectivity index (χ4n) is 7.94. The third-order valence-electron chi connectivity index (χ3n) is 11.6. The zero-order valence-electron chi connectivity index (χ0n) is 32.3. The Hall–Kier alpha value is -7.34. The third-order valence-corrected chi connectivity index (χ3v) is 11.6. The van der Waals surface area contributed by atoms with Crippen molar-refractivity contribution in [1.29, 1.82) is 0 Å². The van der Waals surface area contributed by atoms with E-state index in [1.54, 1.807) is 36.4 Å². The summed E-state index contributed by atoms with van der Waals surface area (Å²) in [4.78, 5) is 29.4. The first-order chi connectivity index (χ1) is 27.9. The van der Waals surface area contributed by atoms with Crippen molar-refractivity contribution in [3.05, 3.63) is 156 Å². The van der Waals surface area contributed by atoms with Crippen molar-refractivity contribution < 1.29 is 29.3 Å². The number of aromatic hydroxyl groups is 2. The Morgan fingerprint density at radius 1 is 0.466 bits per heavy atom. The number of aromatic nitrogens is 6. The van der Waals surface area contributed by atoms with E-state index in [0.717, 1.165) is 33.2 Å². The van der Waals surface area contributed by atoms with Crippen LogP contribution >= 0.6 is 0 Å². The maximum atomic E-state index is 12.8. The Morgan fingerprint density at radius 2 is 0.845 bits per heavy atom. The molecule has 0 unspecified atom stereocenters. The predicted molar refractivity (Wildman–Crippen MR) is 219 cm³/mol. The Bertz CT molecular complexity index is 2920. The molecule has 58 heavy (non-hydrogen) atoms. The molecule has 0 spiro atoms. The number of hydrogen-bond acceptors (Lipinski definition) is 6. The van der Waals surface area contributed by atoms with Gasteiger partial charge in [0.2, 0.25) is 0 Å². The number of carbonyl (C=O) groups excluding carboxylic acids is 2. The zero-order chi connectivity index (χ0) is 40.1. The summed E-state index contributed by atoms with van der Waals surface area (Å²) in [7, 11) is 0. The molecule has 2 N–H and O–H groups in total. The summed E-state index contributed by atoms with van der Waals surface area (Å²) >= 11 is 0. The highest BCUT2D eigenvalue weighted by atomic mass is 16.5. The Labute approximate surface area is 332 Å². The van der Waals surface area contributed by atoms with Crippen LogP contribution in [0.1, 0.15) is 62.8 Å². The van der Waals surface area contributed by atoms with E-state index in [1.807, 2.05) is 101 Å². The molecule has 4 aromatic heterocycles. The van der Waals surface area contributed by atoms with Gasteiger partial charge in [0.1, 0.15) is 56.4 Å². The number of nitrogens with zero attached hydrogens (tertiary/aromatic N) is 6. The molecule has 0 amide bonds. The minimum atomic E-state index is -0.561. The fraction of sp³-hybridized carbons (Fsp3) is 0.174. The van der Waals surface area contributed by atoms with Crippen LogP contribution in [0, 0.1) is 0 Å². The molecule has 0 bridgehead atoms. The highest BCUT2D eigenvalue weighted by Gasteiger charge is 2.31. The van der Waals surface area contributed by atoms with Gasteiger partial charge in [-0.15, -0.1) is 28.1 Å². The average molecular weight is 773 g/mol. The van der Waals surface area contributed by atoms with Gasteiger partial charge in [-0.2, -0.15) is 0 Å². The van der Waals surface area contributed by atoms with Crippen molar-refractivity contribution >= 4 is 34.0 Å². The van der Waals surface area contributed by atoms with Gasteiger partial charge in [0.25, 0.3) is 0 Å². The lowest BCUT2D eigenvalue weighted by Crippen LogP contribution is -2.19. The summed E-state index contributed by atoms with van der Waals surface area (Å²) in [6.07, 6.45) is -0.327. The van der Waals surface area contributed by atoms with E-state index in [9.17, 15) is 19.8 Å². The van der Waals surface area contributed by atoms with Crippen molar-refractivity contribution in [3.63, 3.8) is 0 Å². The number of rotatable bonds is 11. The van der Waals surface area contributed by atoms with E-state index in [1.165, 1.54) is 11.1 Å². The van der Waals surface area contributed by atoms with Crippen LogP contribution in [0.15, 0.2) is 133 Å². The minimum absolute atomic E-state index is 0.148. The quantitative estimate of drug-likeness (QED) is 0.101. The molecular formula is C46H40N6O6. The van der Waals surface area contributed by atoms with Gasteiger partial charge >= 0.3 is 11.9 Å². The van der Waals surface area contributed by atoms with E-state index in [4.69, 9.17) is 9.47 Å². The van der Waals surface area contributed by atoms with Gasteiger partial charge in [0.05, 0.1) is 12.8 Å². The lowest BCUT2D eigenvalue weighted by Gasteiger charge is -2.26. The second kappa shape index (κ2) is 12.6. The monoisotopic (exact) mass is 772 g/mol. The Kier molecular flexibility index (Phi) is 7.62. The molecule has 10 aromatic rings. The summed E-state index contributed by atoms with van der Waals surface area (Å²) in [5.41, 5.74) is 8.59. The van der Waals surface area contributed by atoms with Crippen molar-refractivity contribution in [2.75, 3.05) is 0 Å². The normalized spacial score (nSPS) is 12.6. The Morgan fingerprint density at radius 3 is 1.24 bits per heavy atom. The summed E-state index contributed by atoms with van der Waals surface area (Å²) < 4.78 is 18.8. The second-order valence-electron chi connectivity index (χ2n) is 15.9. The smallest absolute Gasteiger partial charge is 0.311 e. The van der Waals surface area contributed by atoms with Crippen LogP contribution < -0.4 is 9.47 Å². The van der Waals surface area contributed by atoms with Crippen LogP contribution in [0.5, 0.6) is 23.0 Å². The number of ether oxygens (including phenoxy) is 2. The number of esters is 2. The van der Waals surface area contributed by atoms with E-state index in [2.05, 4.69) is 52.0 Å². The molecule has 0 fully saturated rings. The van der Waals surface area contributed by atoms with Crippen LogP contribution in [-0.4, -0.2) is 50.3 Å². The lowest BCUT2D eigenvalue weighted by molar-refractivity contribution is -0.140. The number of fused-ring (bicyclic) bond motifs is 8. The largest absolute Gasteiger partial charge is 0.506 e. The van der Waals surface area contributed by atoms with Crippen molar-refractivity contribution in [2.45, 2.75) is 51.4 Å². The SMILES string of the molecule is CC(C)(c1ccccc1)c1ccc(O)c(-n2n3c4ccc(OC(=O)CCC(=O)Oc5ccc6c(c5)n5n(-c7cc(C(C)(C)c8ccccc8)ccc7O)n65)cc4n23)c1. The van der Waals surface area contributed by atoms with Gasteiger partial charge in [-0.1, -0.05) is 100 Å². The summed E-state index contributed by atoms with van der Waals surface area (Å²) in [5, 5.41) is 21.7. The van der Waals surface area contributed by atoms with E-state index >= 15 is 0 Å². The van der Waals surface area contributed by atoms with E-state index in [0.29, 0.717) is 22.9 Å².